The Labute approximate surface area is 299 Å². The summed E-state index contributed by atoms with van der Waals surface area (Å²) in [5.74, 6) is -1.76. The van der Waals surface area contributed by atoms with Gasteiger partial charge in [0.15, 0.2) is 11.6 Å². The van der Waals surface area contributed by atoms with Crippen molar-refractivity contribution in [2.45, 2.75) is 132 Å². The van der Waals surface area contributed by atoms with E-state index >= 15 is 0 Å². The van der Waals surface area contributed by atoms with Crippen LogP contribution in [0.2, 0.25) is 0 Å². The molecule has 12 heteroatoms. The lowest BCUT2D eigenvalue weighted by Crippen LogP contribution is -2.45. The van der Waals surface area contributed by atoms with E-state index in [2.05, 4.69) is 36.7 Å². The molecule has 5 N–H and O–H groups in total. The minimum absolute atomic E-state index is 0.0221. The quantitative estimate of drug-likeness (QED) is 0.102. The third kappa shape index (κ3) is 17.1. The summed E-state index contributed by atoms with van der Waals surface area (Å²) in [6.45, 7) is 16.1. The second-order valence-electron chi connectivity index (χ2n) is 15.1. The van der Waals surface area contributed by atoms with Crippen LogP contribution in [0.3, 0.4) is 0 Å². The molecule has 0 aliphatic heterocycles. The van der Waals surface area contributed by atoms with Crippen LogP contribution in [0.5, 0.6) is 0 Å². The number of nitrogens with two attached hydrogens (primary N) is 1. The molecule has 0 unspecified atom stereocenters. The molecule has 50 heavy (non-hydrogen) atoms. The van der Waals surface area contributed by atoms with E-state index in [1.165, 1.54) is 4.90 Å². The largest absolute Gasteiger partial charge is 0.445 e. The van der Waals surface area contributed by atoms with Gasteiger partial charge in [0.05, 0.1) is 12.1 Å². The lowest BCUT2D eigenvalue weighted by Gasteiger charge is -2.29. The minimum Gasteiger partial charge on any atom is -0.445 e. The maximum atomic E-state index is 13.5. The number of unbranched alkanes of at least 4 members (excludes halogenated alkanes) is 2. The van der Waals surface area contributed by atoms with Crippen LogP contribution < -0.4 is 21.7 Å². The number of urea groups is 1. The lowest BCUT2D eigenvalue weighted by atomic mass is 9.89. The van der Waals surface area contributed by atoms with E-state index in [-0.39, 0.29) is 60.2 Å². The molecule has 5 amide bonds. The normalized spacial score (nSPS) is 13.3. The van der Waals surface area contributed by atoms with Gasteiger partial charge in [-0.3, -0.25) is 19.2 Å². The van der Waals surface area contributed by atoms with Crippen molar-refractivity contribution in [2.75, 3.05) is 18.9 Å². The van der Waals surface area contributed by atoms with E-state index in [1.54, 1.807) is 38.2 Å². The monoisotopic (exact) mass is 701 g/mol. The van der Waals surface area contributed by atoms with Crippen LogP contribution in [0, 0.1) is 23.2 Å². The van der Waals surface area contributed by atoms with Gasteiger partial charge in [-0.05, 0) is 60.6 Å². The Kier molecular flexibility index (Phi) is 19.4. The summed E-state index contributed by atoms with van der Waals surface area (Å²) >= 11 is 0. The third-order valence-electron chi connectivity index (χ3n) is 8.61. The van der Waals surface area contributed by atoms with E-state index in [0.29, 0.717) is 36.9 Å². The summed E-state index contributed by atoms with van der Waals surface area (Å²) in [7, 11) is 1.55. The minimum atomic E-state index is -0.729. The second kappa shape index (κ2) is 22.0. The fraction of sp³-hybridized carbons (Fsp3) is 0.684. The molecule has 0 radical (unpaired) electrons. The highest BCUT2D eigenvalue weighted by atomic mass is 16.6. The van der Waals surface area contributed by atoms with Gasteiger partial charge in [-0.25, -0.2) is 9.59 Å². The molecule has 1 aromatic rings. The molecule has 282 valence electrons. The number of hydrogen-bond donors (Lipinski definition) is 4. The number of carbonyl (C=O) groups is 6. The predicted octanol–water partition coefficient (Wildman–Crippen LogP) is 6.36. The van der Waals surface area contributed by atoms with Gasteiger partial charge >= 0.3 is 12.1 Å². The van der Waals surface area contributed by atoms with E-state index in [9.17, 15) is 28.8 Å². The van der Waals surface area contributed by atoms with Crippen LogP contribution in [0.15, 0.2) is 24.3 Å². The number of likely N-dealkylation sites (N-methyl/N-ethyl adjacent to an activating group) is 1. The van der Waals surface area contributed by atoms with Crippen molar-refractivity contribution in [3.05, 3.63) is 29.8 Å². The van der Waals surface area contributed by atoms with Crippen molar-refractivity contribution in [1.82, 2.24) is 15.5 Å². The molecule has 0 saturated carbocycles. The molecule has 0 aromatic heterocycles. The Balaban J connectivity index is 2.89. The molecule has 0 spiro atoms. The summed E-state index contributed by atoms with van der Waals surface area (Å²) in [6.07, 6.45) is 4.51. The number of Topliss-reactive ketones (excluding diaryl/α,β-unsaturated/α-hetero) is 2. The zero-order valence-electron chi connectivity index (χ0n) is 31.9. The summed E-state index contributed by atoms with van der Waals surface area (Å²) in [4.78, 5) is 77.3. The highest BCUT2D eigenvalue weighted by Gasteiger charge is 2.31. The van der Waals surface area contributed by atoms with Crippen molar-refractivity contribution in [2.24, 2.45) is 28.9 Å². The number of anilines is 1. The van der Waals surface area contributed by atoms with Gasteiger partial charge in [0.2, 0.25) is 11.8 Å². The van der Waals surface area contributed by atoms with Gasteiger partial charge in [0.1, 0.15) is 6.61 Å². The summed E-state index contributed by atoms with van der Waals surface area (Å²) in [5.41, 5.74) is 6.61. The average Bonchev–Trinajstić information content (AvgIpc) is 3.03. The molecule has 0 heterocycles. The summed E-state index contributed by atoms with van der Waals surface area (Å²) in [5, 5.41) is 8.28. The number of ketones is 2. The maximum absolute atomic E-state index is 13.5. The Morgan fingerprint density at radius 2 is 1.52 bits per heavy atom. The van der Waals surface area contributed by atoms with Gasteiger partial charge in [-0.1, -0.05) is 80.4 Å². The Bertz CT molecular complexity index is 1260. The number of rotatable bonds is 22. The number of hydrogen-bond acceptors (Lipinski definition) is 7. The molecule has 1 rings (SSSR count). The fourth-order valence-corrected chi connectivity index (χ4v) is 5.77. The van der Waals surface area contributed by atoms with Gasteiger partial charge < -0.3 is 31.3 Å². The van der Waals surface area contributed by atoms with Crippen molar-refractivity contribution in [3.8, 4) is 0 Å². The number of benzene rings is 1. The van der Waals surface area contributed by atoms with Crippen molar-refractivity contribution in [1.29, 1.82) is 0 Å². The van der Waals surface area contributed by atoms with Gasteiger partial charge in [0.25, 0.3) is 0 Å². The number of primary amides is 1. The van der Waals surface area contributed by atoms with Crippen molar-refractivity contribution < 1.29 is 33.5 Å². The van der Waals surface area contributed by atoms with Crippen LogP contribution in [0.4, 0.5) is 15.3 Å². The zero-order valence-corrected chi connectivity index (χ0v) is 31.9. The maximum Gasteiger partial charge on any atom is 0.410 e. The first kappa shape index (κ1) is 44.1. The van der Waals surface area contributed by atoms with E-state index in [4.69, 9.17) is 10.5 Å². The highest BCUT2D eigenvalue weighted by Crippen LogP contribution is 2.23. The molecule has 12 nitrogen and oxygen atoms in total. The van der Waals surface area contributed by atoms with E-state index < -0.39 is 30.1 Å². The molecule has 0 aliphatic carbocycles. The Morgan fingerprint density at radius 3 is 2.06 bits per heavy atom. The first-order chi connectivity index (χ1) is 23.4. The molecular weight excluding hydrogens is 638 g/mol. The topological polar surface area (TPSA) is 177 Å². The Hall–Kier alpha value is -3.96. The smallest absolute Gasteiger partial charge is 0.410 e. The van der Waals surface area contributed by atoms with Crippen LogP contribution >= 0.6 is 0 Å². The molecule has 0 bridgehead atoms. The van der Waals surface area contributed by atoms with Crippen LogP contribution in [-0.4, -0.2) is 66.1 Å². The second-order valence-corrected chi connectivity index (χ2v) is 15.1. The van der Waals surface area contributed by atoms with Crippen LogP contribution in [-0.2, 0) is 30.5 Å². The molecule has 3 atom stereocenters. The van der Waals surface area contributed by atoms with Crippen LogP contribution in [0.25, 0.3) is 0 Å². The number of amides is 5. The first-order valence-corrected chi connectivity index (χ1v) is 18.0. The number of ether oxygens (including phenoxy) is 1. The first-order valence-electron chi connectivity index (χ1n) is 18.0. The molecule has 0 saturated heterocycles. The predicted molar refractivity (Wildman–Crippen MR) is 196 cm³/mol. The summed E-state index contributed by atoms with van der Waals surface area (Å²) < 4.78 is 5.45. The third-order valence-corrected chi connectivity index (χ3v) is 8.61. The average molecular weight is 702 g/mol. The van der Waals surface area contributed by atoms with E-state index in [1.807, 2.05) is 27.7 Å². The SMILES string of the molecule is CCC(=O)[C@H](C(C)C)N(C)C(=O)OCc1ccc(NC(=O)[C@@H](CCCNC(N)=O)CC(=O)[C@H](NC(=O)CCCCCC(C)(C)C)C(C)C)cc1. The molecule has 0 fully saturated rings. The lowest BCUT2D eigenvalue weighted by molar-refractivity contribution is -0.131. The highest BCUT2D eigenvalue weighted by molar-refractivity contribution is 5.97. The van der Waals surface area contributed by atoms with Gasteiger partial charge in [-0.15, -0.1) is 0 Å². The molecule has 1 aromatic carbocycles. The Morgan fingerprint density at radius 1 is 0.880 bits per heavy atom. The van der Waals surface area contributed by atoms with E-state index in [0.717, 1.165) is 25.7 Å². The van der Waals surface area contributed by atoms with Crippen LogP contribution in [0.1, 0.15) is 119 Å². The number of nitrogens with zero attached hydrogens (tertiary/aromatic N) is 1. The number of carbonyl (C=O) groups excluding carboxylic acids is 6. The summed E-state index contributed by atoms with van der Waals surface area (Å²) in [6, 6.07) is 4.80. The molecule has 0 aliphatic rings. The van der Waals surface area contributed by atoms with Gasteiger partial charge in [0, 0.05) is 44.5 Å². The van der Waals surface area contributed by atoms with Gasteiger partial charge in [-0.2, -0.15) is 0 Å². The zero-order chi connectivity index (χ0) is 38.0. The van der Waals surface area contributed by atoms with Crippen molar-refractivity contribution >= 4 is 41.2 Å². The standard InChI is InChI=1S/C38H63N5O7/c1-10-30(44)34(26(4)5)43(9)37(49)50-24-27-17-19-29(20-18-27)41-35(47)28(15-14-22-40-36(39)48)23-31(45)33(25(2)3)42-32(46)16-12-11-13-21-38(6,7)8/h17-20,25-26,28,33-34H,10-16,21-24H2,1-9H3,(H,41,47)(H,42,46)(H3,39,40,48)/t28-,33+,34-/m0/s1. The molecular formula is C38H63N5O7. The fourth-order valence-electron chi connectivity index (χ4n) is 5.77. The van der Waals surface area contributed by atoms with Crippen molar-refractivity contribution in [3.63, 3.8) is 0 Å². The number of nitrogens with one attached hydrogen (secondary N) is 3.